The van der Waals surface area contributed by atoms with E-state index >= 15 is 0 Å². The third-order valence-corrected chi connectivity index (χ3v) is 3.33. The number of hydrogen-bond acceptors (Lipinski definition) is 2. The number of rotatable bonds is 0. The molecule has 0 saturated heterocycles. The van der Waals surface area contributed by atoms with Crippen LogP contribution in [0.4, 0.5) is 0 Å². The Balaban J connectivity index is 2.34. The molecule has 0 bridgehead atoms. The highest BCUT2D eigenvalue weighted by Gasteiger charge is 2.33. The predicted octanol–water partition coefficient (Wildman–Crippen LogP) is 3.01. The van der Waals surface area contributed by atoms with Crippen LogP contribution in [-0.4, -0.2) is 24.0 Å². The van der Waals surface area contributed by atoms with Gasteiger partial charge >= 0.3 is 0 Å². The molecule has 1 aromatic carbocycles. The minimum absolute atomic E-state index is 0.0652. The average molecular weight is 247 g/mol. The fourth-order valence-corrected chi connectivity index (χ4v) is 2.28. The number of fused-ring (bicyclic) bond motifs is 1. The van der Waals surface area contributed by atoms with Gasteiger partial charge in [-0.05, 0) is 13.0 Å². The molecule has 0 fully saturated rings. The minimum Gasteiger partial charge on any atom is -0.491 e. The molecule has 1 amide bonds. The number of benzene rings is 1. The Morgan fingerprint density at radius 3 is 2.67 bits per heavy atom. The van der Waals surface area contributed by atoms with Crippen LogP contribution >= 0.6 is 0 Å². The summed E-state index contributed by atoms with van der Waals surface area (Å²) in [7, 11) is 0. The van der Waals surface area contributed by atoms with E-state index in [0.29, 0.717) is 13.2 Å². The molecule has 1 unspecified atom stereocenters. The van der Waals surface area contributed by atoms with Gasteiger partial charge in [0.1, 0.15) is 12.4 Å². The summed E-state index contributed by atoms with van der Waals surface area (Å²) in [6.07, 6.45) is 0. The first-order chi connectivity index (χ1) is 8.41. The maximum Gasteiger partial charge on any atom is 0.228 e. The van der Waals surface area contributed by atoms with Gasteiger partial charge < -0.3 is 9.64 Å². The zero-order chi connectivity index (χ0) is 13.3. The lowest BCUT2D eigenvalue weighted by Gasteiger charge is -2.32. The topological polar surface area (TPSA) is 29.5 Å². The van der Waals surface area contributed by atoms with E-state index in [1.807, 2.05) is 49.9 Å². The van der Waals surface area contributed by atoms with E-state index in [4.69, 9.17) is 4.74 Å². The lowest BCUT2D eigenvalue weighted by molar-refractivity contribution is -0.141. The molecule has 0 N–H and O–H groups in total. The highest BCUT2D eigenvalue weighted by Crippen LogP contribution is 2.33. The van der Waals surface area contributed by atoms with Crippen LogP contribution in [0.3, 0.4) is 0 Å². The van der Waals surface area contributed by atoms with E-state index in [1.54, 1.807) is 0 Å². The van der Waals surface area contributed by atoms with Gasteiger partial charge in [-0.1, -0.05) is 39.0 Å². The fraction of sp³-hybridized carbons (Fsp3) is 0.533. The summed E-state index contributed by atoms with van der Waals surface area (Å²) >= 11 is 0. The van der Waals surface area contributed by atoms with Crippen molar-refractivity contribution in [1.29, 1.82) is 0 Å². The maximum absolute atomic E-state index is 12.5. The maximum atomic E-state index is 12.5. The molecule has 0 radical (unpaired) electrons. The zero-order valence-corrected chi connectivity index (χ0v) is 11.6. The van der Waals surface area contributed by atoms with E-state index in [9.17, 15) is 4.79 Å². The molecule has 3 heteroatoms. The van der Waals surface area contributed by atoms with Crippen molar-refractivity contribution in [3.05, 3.63) is 29.8 Å². The molecular formula is C15H21NO2. The first-order valence-corrected chi connectivity index (χ1v) is 6.44. The monoisotopic (exact) mass is 247 g/mol. The smallest absolute Gasteiger partial charge is 0.228 e. The van der Waals surface area contributed by atoms with Crippen LogP contribution in [0.2, 0.25) is 0 Å². The van der Waals surface area contributed by atoms with Crippen molar-refractivity contribution in [1.82, 2.24) is 4.90 Å². The summed E-state index contributed by atoms with van der Waals surface area (Å²) in [6, 6.07) is 8.03. The quantitative estimate of drug-likeness (QED) is 0.705. The second-order valence-electron chi connectivity index (χ2n) is 5.81. The summed E-state index contributed by atoms with van der Waals surface area (Å²) in [6.45, 7) is 9.14. The molecule has 2 rings (SSSR count). The highest BCUT2D eigenvalue weighted by molar-refractivity contribution is 5.82. The molecule has 1 aliphatic rings. The Bertz CT molecular complexity index is 448. The summed E-state index contributed by atoms with van der Waals surface area (Å²) < 4.78 is 5.72. The first kappa shape index (κ1) is 12.9. The van der Waals surface area contributed by atoms with E-state index in [2.05, 4.69) is 6.92 Å². The number of carbonyl (C=O) groups excluding carboxylic acids is 1. The van der Waals surface area contributed by atoms with Crippen LogP contribution < -0.4 is 4.74 Å². The summed E-state index contributed by atoms with van der Waals surface area (Å²) in [4.78, 5) is 14.4. The van der Waals surface area contributed by atoms with Gasteiger partial charge in [-0.15, -0.1) is 0 Å². The van der Waals surface area contributed by atoms with Gasteiger partial charge in [-0.3, -0.25) is 4.79 Å². The molecular weight excluding hydrogens is 226 g/mol. The van der Waals surface area contributed by atoms with Crippen LogP contribution in [0.15, 0.2) is 24.3 Å². The fourth-order valence-electron chi connectivity index (χ4n) is 2.28. The van der Waals surface area contributed by atoms with E-state index < -0.39 is 0 Å². The molecule has 0 spiro atoms. The van der Waals surface area contributed by atoms with Crippen LogP contribution in [0.5, 0.6) is 5.75 Å². The van der Waals surface area contributed by atoms with E-state index in [-0.39, 0.29) is 17.4 Å². The second kappa shape index (κ2) is 4.63. The molecule has 1 aliphatic heterocycles. The average Bonchev–Trinajstić information content (AvgIpc) is 2.47. The molecule has 0 aliphatic carbocycles. The summed E-state index contributed by atoms with van der Waals surface area (Å²) in [5.74, 6) is 1.07. The molecule has 98 valence electrons. The second-order valence-corrected chi connectivity index (χ2v) is 5.81. The van der Waals surface area contributed by atoms with Gasteiger partial charge in [0.2, 0.25) is 5.91 Å². The minimum atomic E-state index is -0.354. The Morgan fingerprint density at radius 2 is 2.00 bits per heavy atom. The van der Waals surface area contributed by atoms with Gasteiger partial charge in [0.05, 0.1) is 12.6 Å². The number of para-hydroxylation sites is 1. The van der Waals surface area contributed by atoms with Gasteiger partial charge in [0.15, 0.2) is 0 Å². The SMILES string of the molecule is CC1c2ccccc2OCCN1C(=O)C(C)(C)C. The molecule has 18 heavy (non-hydrogen) atoms. The summed E-state index contributed by atoms with van der Waals surface area (Å²) in [5, 5.41) is 0. The zero-order valence-electron chi connectivity index (χ0n) is 11.6. The van der Waals surface area contributed by atoms with Gasteiger partial charge in [-0.25, -0.2) is 0 Å². The standard InChI is InChI=1S/C15H21NO2/c1-11-12-7-5-6-8-13(12)18-10-9-16(11)14(17)15(2,3)4/h5-8,11H,9-10H2,1-4H3. The van der Waals surface area contributed by atoms with Crippen molar-refractivity contribution in [2.24, 2.45) is 5.41 Å². The Hall–Kier alpha value is -1.51. The Labute approximate surface area is 109 Å². The third-order valence-electron chi connectivity index (χ3n) is 3.33. The summed E-state index contributed by atoms with van der Waals surface area (Å²) in [5.41, 5.74) is 0.737. The van der Waals surface area contributed by atoms with Crippen LogP contribution in [0, 0.1) is 5.41 Å². The Morgan fingerprint density at radius 1 is 1.33 bits per heavy atom. The van der Waals surface area contributed by atoms with E-state index in [0.717, 1.165) is 11.3 Å². The molecule has 0 aromatic heterocycles. The highest BCUT2D eigenvalue weighted by atomic mass is 16.5. The largest absolute Gasteiger partial charge is 0.491 e. The van der Waals surface area contributed by atoms with Crippen LogP contribution in [-0.2, 0) is 4.79 Å². The molecule has 3 nitrogen and oxygen atoms in total. The lowest BCUT2D eigenvalue weighted by atomic mass is 9.93. The number of amides is 1. The number of hydrogen-bond donors (Lipinski definition) is 0. The molecule has 1 atom stereocenters. The number of nitrogens with zero attached hydrogens (tertiary/aromatic N) is 1. The number of carbonyl (C=O) groups is 1. The van der Waals surface area contributed by atoms with Gasteiger partial charge in [0.25, 0.3) is 0 Å². The van der Waals surface area contributed by atoms with E-state index in [1.165, 1.54) is 0 Å². The third kappa shape index (κ3) is 2.35. The van der Waals surface area contributed by atoms with Crippen molar-refractivity contribution in [2.45, 2.75) is 33.7 Å². The van der Waals surface area contributed by atoms with Gasteiger partial charge in [-0.2, -0.15) is 0 Å². The predicted molar refractivity (Wildman–Crippen MR) is 71.5 cm³/mol. The van der Waals surface area contributed by atoms with Crippen molar-refractivity contribution < 1.29 is 9.53 Å². The van der Waals surface area contributed by atoms with Crippen molar-refractivity contribution >= 4 is 5.91 Å². The van der Waals surface area contributed by atoms with Crippen LogP contribution in [0.1, 0.15) is 39.3 Å². The van der Waals surface area contributed by atoms with Crippen molar-refractivity contribution in [3.63, 3.8) is 0 Å². The van der Waals surface area contributed by atoms with Crippen LogP contribution in [0.25, 0.3) is 0 Å². The molecule has 1 aromatic rings. The van der Waals surface area contributed by atoms with Crippen molar-refractivity contribution in [2.75, 3.05) is 13.2 Å². The first-order valence-electron chi connectivity index (χ1n) is 6.44. The molecule has 1 heterocycles. The Kier molecular flexibility index (Phi) is 3.33. The van der Waals surface area contributed by atoms with Crippen molar-refractivity contribution in [3.8, 4) is 5.75 Å². The number of ether oxygens (including phenoxy) is 1. The van der Waals surface area contributed by atoms with Gasteiger partial charge in [0, 0.05) is 11.0 Å². The normalized spacial score (nSPS) is 19.8. The lowest BCUT2D eigenvalue weighted by Crippen LogP contribution is -2.42. The molecule has 0 saturated carbocycles.